The maximum atomic E-state index is 13.1. The van der Waals surface area contributed by atoms with E-state index in [0.29, 0.717) is 25.2 Å². The summed E-state index contributed by atoms with van der Waals surface area (Å²) in [5.74, 6) is -0.720. The van der Waals surface area contributed by atoms with Crippen LogP contribution in [0, 0.1) is 5.82 Å². The first-order chi connectivity index (χ1) is 14.4. The van der Waals surface area contributed by atoms with Gasteiger partial charge in [-0.15, -0.1) is 0 Å². The first-order valence-corrected chi connectivity index (χ1v) is 11.1. The number of hydrogen-bond donors (Lipinski definition) is 0. The summed E-state index contributed by atoms with van der Waals surface area (Å²) in [4.78, 5) is 14.6. The molecule has 1 aliphatic rings. The van der Waals surface area contributed by atoms with Gasteiger partial charge in [-0.25, -0.2) is 17.5 Å². The standard InChI is InChI=1S/C21H21FN4O3S/c22-17-7-9-19(10-8-17)30(28,29)25-13-4-12-24(15-16-25)21(27)20-11-14-26(23-20)18-5-2-1-3-6-18/h1-3,5-11,14H,4,12-13,15-16H2. The number of sulfonamides is 1. The number of benzene rings is 2. The van der Waals surface area contributed by atoms with Crippen molar-refractivity contribution in [2.75, 3.05) is 26.2 Å². The van der Waals surface area contributed by atoms with Gasteiger partial charge in [0.05, 0.1) is 10.6 Å². The van der Waals surface area contributed by atoms with Crippen LogP contribution in [0.1, 0.15) is 16.9 Å². The largest absolute Gasteiger partial charge is 0.336 e. The average molecular weight is 428 g/mol. The molecule has 0 spiro atoms. The van der Waals surface area contributed by atoms with Crippen molar-refractivity contribution < 1.29 is 17.6 Å². The fourth-order valence-corrected chi connectivity index (χ4v) is 4.89. The van der Waals surface area contributed by atoms with E-state index in [2.05, 4.69) is 5.10 Å². The maximum absolute atomic E-state index is 13.1. The van der Waals surface area contributed by atoms with Crippen LogP contribution in [-0.2, 0) is 10.0 Å². The monoisotopic (exact) mass is 428 g/mol. The number of carbonyl (C=O) groups is 1. The molecule has 0 bridgehead atoms. The first-order valence-electron chi connectivity index (χ1n) is 9.61. The molecule has 0 unspecified atom stereocenters. The molecule has 0 radical (unpaired) electrons. The molecule has 0 atom stereocenters. The molecule has 0 N–H and O–H groups in total. The third-order valence-electron chi connectivity index (χ3n) is 5.02. The zero-order valence-corrected chi connectivity index (χ0v) is 17.0. The van der Waals surface area contributed by atoms with E-state index in [0.717, 1.165) is 17.8 Å². The third kappa shape index (κ3) is 4.12. The number of aromatic nitrogens is 2. The highest BCUT2D eigenvalue weighted by atomic mass is 32.2. The molecule has 0 saturated carbocycles. The van der Waals surface area contributed by atoms with Crippen LogP contribution >= 0.6 is 0 Å². The summed E-state index contributed by atoms with van der Waals surface area (Å²) in [5.41, 5.74) is 1.16. The number of halogens is 1. The van der Waals surface area contributed by atoms with Crippen LogP contribution in [0.15, 0.2) is 71.8 Å². The predicted molar refractivity (Wildman–Crippen MR) is 109 cm³/mol. The zero-order valence-electron chi connectivity index (χ0n) is 16.2. The van der Waals surface area contributed by atoms with Crippen molar-refractivity contribution in [2.45, 2.75) is 11.3 Å². The zero-order chi connectivity index (χ0) is 21.1. The topological polar surface area (TPSA) is 75.5 Å². The van der Waals surface area contributed by atoms with Crippen molar-refractivity contribution in [3.05, 3.63) is 78.4 Å². The van der Waals surface area contributed by atoms with E-state index in [1.165, 1.54) is 16.4 Å². The smallest absolute Gasteiger partial charge is 0.274 e. The number of amides is 1. The Hall–Kier alpha value is -3.04. The van der Waals surface area contributed by atoms with E-state index in [9.17, 15) is 17.6 Å². The predicted octanol–water partition coefficient (Wildman–Crippen LogP) is 2.55. The highest BCUT2D eigenvalue weighted by Crippen LogP contribution is 2.19. The van der Waals surface area contributed by atoms with E-state index >= 15 is 0 Å². The van der Waals surface area contributed by atoms with Crippen LogP contribution in [0.4, 0.5) is 4.39 Å². The molecular formula is C21H21FN4O3S. The number of nitrogens with zero attached hydrogens (tertiary/aromatic N) is 4. The van der Waals surface area contributed by atoms with Crippen molar-refractivity contribution in [2.24, 2.45) is 0 Å². The molecule has 1 aliphatic heterocycles. The average Bonchev–Trinajstić information content (AvgIpc) is 3.11. The minimum atomic E-state index is -3.74. The van der Waals surface area contributed by atoms with Gasteiger partial charge in [-0.3, -0.25) is 4.79 Å². The van der Waals surface area contributed by atoms with Crippen LogP contribution in [0.25, 0.3) is 5.69 Å². The van der Waals surface area contributed by atoms with Crippen LogP contribution in [0.5, 0.6) is 0 Å². The van der Waals surface area contributed by atoms with E-state index in [1.54, 1.807) is 21.8 Å². The Bertz CT molecular complexity index is 1130. The van der Waals surface area contributed by atoms with Crippen LogP contribution in [-0.4, -0.2) is 59.5 Å². The number of hydrogen-bond acceptors (Lipinski definition) is 4. The maximum Gasteiger partial charge on any atom is 0.274 e. The molecule has 1 saturated heterocycles. The normalized spacial score (nSPS) is 15.7. The summed E-state index contributed by atoms with van der Waals surface area (Å²) in [6.07, 6.45) is 2.23. The van der Waals surface area contributed by atoms with Gasteiger partial charge in [0.1, 0.15) is 5.82 Å². The van der Waals surface area contributed by atoms with Crippen LogP contribution in [0.2, 0.25) is 0 Å². The van der Waals surface area contributed by atoms with Gasteiger partial charge in [-0.2, -0.15) is 9.40 Å². The Balaban J connectivity index is 1.46. The Morgan fingerprint density at radius 3 is 2.37 bits per heavy atom. The molecule has 156 valence electrons. The summed E-state index contributed by atoms with van der Waals surface area (Å²) < 4.78 is 41.8. The van der Waals surface area contributed by atoms with E-state index in [1.807, 2.05) is 30.3 Å². The summed E-state index contributed by atoms with van der Waals surface area (Å²) in [6, 6.07) is 15.9. The second-order valence-electron chi connectivity index (χ2n) is 6.98. The summed E-state index contributed by atoms with van der Waals surface area (Å²) in [6.45, 7) is 1.16. The van der Waals surface area contributed by atoms with Crippen molar-refractivity contribution >= 4 is 15.9 Å². The Kier molecular flexibility index (Phi) is 5.65. The Morgan fingerprint density at radius 2 is 1.63 bits per heavy atom. The van der Waals surface area contributed by atoms with E-state index < -0.39 is 15.8 Å². The lowest BCUT2D eigenvalue weighted by atomic mass is 10.3. The molecule has 3 aromatic rings. The molecule has 1 fully saturated rings. The number of para-hydroxylation sites is 1. The second kappa shape index (κ2) is 8.37. The van der Waals surface area contributed by atoms with Crippen LogP contribution < -0.4 is 0 Å². The molecule has 1 amide bonds. The molecule has 7 nitrogen and oxygen atoms in total. The highest BCUT2D eigenvalue weighted by molar-refractivity contribution is 7.89. The van der Waals surface area contributed by atoms with Crippen molar-refractivity contribution in [1.29, 1.82) is 0 Å². The lowest BCUT2D eigenvalue weighted by molar-refractivity contribution is 0.0758. The van der Waals surface area contributed by atoms with Gasteiger partial charge in [0.15, 0.2) is 5.69 Å². The van der Waals surface area contributed by atoms with Gasteiger partial charge >= 0.3 is 0 Å². The van der Waals surface area contributed by atoms with Gasteiger partial charge in [0.2, 0.25) is 10.0 Å². The van der Waals surface area contributed by atoms with E-state index in [4.69, 9.17) is 0 Å². The Labute approximate surface area is 174 Å². The summed E-state index contributed by atoms with van der Waals surface area (Å²) in [7, 11) is -3.74. The van der Waals surface area contributed by atoms with Crippen molar-refractivity contribution in [1.82, 2.24) is 19.0 Å². The Morgan fingerprint density at radius 1 is 0.900 bits per heavy atom. The lowest BCUT2D eigenvalue weighted by Crippen LogP contribution is -2.37. The molecule has 2 aromatic carbocycles. The fraction of sp³-hybridized carbons (Fsp3) is 0.238. The molecule has 30 heavy (non-hydrogen) atoms. The first kappa shape index (κ1) is 20.2. The molecule has 0 aliphatic carbocycles. The minimum absolute atomic E-state index is 0.0466. The molecule has 1 aromatic heterocycles. The fourth-order valence-electron chi connectivity index (χ4n) is 3.42. The SMILES string of the molecule is O=C(c1ccn(-c2ccccc2)n1)N1CCCN(S(=O)(=O)c2ccc(F)cc2)CC1. The molecule has 4 rings (SSSR count). The van der Waals surface area contributed by atoms with Gasteiger partial charge in [0, 0.05) is 32.4 Å². The van der Waals surface area contributed by atoms with Gasteiger partial charge in [-0.1, -0.05) is 18.2 Å². The lowest BCUT2D eigenvalue weighted by Gasteiger charge is -2.21. The van der Waals surface area contributed by atoms with Gasteiger partial charge in [0.25, 0.3) is 5.91 Å². The highest BCUT2D eigenvalue weighted by Gasteiger charge is 2.29. The van der Waals surface area contributed by atoms with Crippen LogP contribution in [0.3, 0.4) is 0 Å². The van der Waals surface area contributed by atoms with E-state index in [-0.39, 0.29) is 23.9 Å². The second-order valence-corrected chi connectivity index (χ2v) is 8.92. The molecule has 9 heteroatoms. The van der Waals surface area contributed by atoms with Gasteiger partial charge in [-0.05, 0) is 48.9 Å². The third-order valence-corrected chi connectivity index (χ3v) is 6.94. The number of carbonyl (C=O) groups excluding carboxylic acids is 1. The molecule has 2 heterocycles. The summed E-state index contributed by atoms with van der Waals surface area (Å²) >= 11 is 0. The molecular weight excluding hydrogens is 407 g/mol. The number of rotatable bonds is 4. The quantitative estimate of drug-likeness (QED) is 0.640. The van der Waals surface area contributed by atoms with Crippen molar-refractivity contribution in [3.63, 3.8) is 0 Å². The van der Waals surface area contributed by atoms with Crippen molar-refractivity contribution in [3.8, 4) is 5.69 Å². The minimum Gasteiger partial charge on any atom is -0.336 e. The summed E-state index contributed by atoms with van der Waals surface area (Å²) in [5, 5.41) is 4.37. The van der Waals surface area contributed by atoms with Gasteiger partial charge < -0.3 is 4.90 Å².